The van der Waals surface area contributed by atoms with Crippen LogP contribution in [0, 0.1) is 12.3 Å². The highest BCUT2D eigenvalue weighted by molar-refractivity contribution is 7.11. The molecular formula is C22H21N3O2S. The van der Waals surface area contributed by atoms with E-state index in [1.807, 2.05) is 66.9 Å². The third kappa shape index (κ3) is 3.56. The second kappa shape index (κ2) is 7.58. The third-order valence-electron chi connectivity index (χ3n) is 4.83. The lowest BCUT2D eigenvalue weighted by Gasteiger charge is -2.22. The summed E-state index contributed by atoms with van der Waals surface area (Å²) < 4.78 is 0. The number of rotatable bonds is 5. The normalized spacial score (nSPS) is 15.4. The van der Waals surface area contributed by atoms with Crippen LogP contribution < -0.4 is 0 Å². The van der Waals surface area contributed by atoms with Gasteiger partial charge >= 0.3 is 0 Å². The third-order valence-corrected chi connectivity index (χ3v) is 5.69. The summed E-state index contributed by atoms with van der Waals surface area (Å²) in [6.07, 6.45) is -0.729. The van der Waals surface area contributed by atoms with Gasteiger partial charge in [-0.15, -0.1) is 11.3 Å². The molecule has 1 aromatic heterocycles. The van der Waals surface area contributed by atoms with Gasteiger partial charge < -0.3 is 15.1 Å². The monoisotopic (exact) mass is 391 g/mol. The number of β-amino-alcohol motifs (C(OH)–C–C–N with tert-alkyl or cyclic N) is 1. The van der Waals surface area contributed by atoms with Crippen molar-refractivity contribution in [3.8, 4) is 11.3 Å². The van der Waals surface area contributed by atoms with Gasteiger partial charge in [0.1, 0.15) is 16.6 Å². The molecule has 0 fully saturated rings. The molecule has 1 aliphatic heterocycles. The number of benzene rings is 2. The molecule has 1 aliphatic rings. The van der Waals surface area contributed by atoms with Gasteiger partial charge in [0.15, 0.2) is 0 Å². The summed E-state index contributed by atoms with van der Waals surface area (Å²) in [6.45, 7) is 2.49. The van der Waals surface area contributed by atoms with E-state index in [4.69, 9.17) is 5.41 Å². The molecule has 3 aromatic rings. The lowest BCUT2D eigenvalue weighted by molar-refractivity contribution is 0.145. The van der Waals surface area contributed by atoms with E-state index >= 15 is 0 Å². The number of aliphatic hydroxyl groups excluding tert-OH is 2. The summed E-state index contributed by atoms with van der Waals surface area (Å²) in [6, 6.07) is 17.5. The molecule has 142 valence electrons. The molecule has 0 amide bonds. The molecule has 0 spiro atoms. The topological polar surface area (TPSA) is 80.4 Å². The van der Waals surface area contributed by atoms with Crippen LogP contribution in [0.4, 0.5) is 0 Å². The van der Waals surface area contributed by atoms with Crippen molar-refractivity contribution < 1.29 is 10.2 Å². The van der Waals surface area contributed by atoms with Gasteiger partial charge in [-0.2, -0.15) is 0 Å². The molecule has 0 unspecified atom stereocenters. The highest BCUT2D eigenvalue weighted by atomic mass is 32.1. The highest BCUT2D eigenvalue weighted by Crippen LogP contribution is 2.33. The lowest BCUT2D eigenvalue weighted by atomic mass is 10.1. The maximum absolute atomic E-state index is 10.5. The minimum absolute atomic E-state index is 0.120. The molecular weight excluding hydrogens is 370 g/mol. The van der Waals surface area contributed by atoms with Gasteiger partial charge in [0.25, 0.3) is 0 Å². The Bertz CT molecular complexity index is 1030. The summed E-state index contributed by atoms with van der Waals surface area (Å²) in [4.78, 5) is 6.31. The van der Waals surface area contributed by atoms with Crippen LogP contribution in [-0.4, -0.2) is 39.0 Å². The summed E-state index contributed by atoms with van der Waals surface area (Å²) in [5.41, 5.74) is 4.26. The van der Waals surface area contributed by atoms with Crippen LogP contribution in [0.5, 0.6) is 0 Å². The Morgan fingerprint density at radius 2 is 1.86 bits per heavy atom. The SMILES string of the molecule is Cc1ccc(-c2csc(C3=C(O)CN(C[C@H](O)c4ccccc4)C3=N)n2)cc1. The Hall–Kier alpha value is -2.96. The fourth-order valence-electron chi connectivity index (χ4n) is 3.25. The van der Waals surface area contributed by atoms with Gasteiger partial charge in [-0.1, -0.05) is 60.2 Å². The Morgan fingerprint density at radius 3 is 2.57 bits per heavy atom. The van der Waals surface area contributed by atoms with Crippen LogP contribution in [0.25, 0.3) is 16.8 Å². The standard InChI is InChI=1S/C22H21N3O2S/c1-14-7-9-15(10-8-14)17-13-28-22(24-17)20-19(27)12-25(21(20)23)11-18(26)16-5-3-2-4-6-16/h2-10,13,18,23,26-27H,11-12H2,1H3/t18-/m0/s1. The molecule has 0 saturated carbocycles. The molecule has 0 radical (unpaired) electrons. The van der Waals surface area contributed by atoms with Gasteiger partial charge in [0.2, 0.25) is 0 Å². The lowest BCUT2D eigenvalue weighted by Crippen LogP contribution is -2.31. The average Bonchev–Trinajstić information content (AvgIpc) is 3.28. The van der Waals surface area contributed by atoms with Crippen molar-refractivity contribution in [2.75, 3.05) is 13.1 Å². The number of hydrogen-bond acceptors (Lipinski definition) is 5. The van der Waals surface area contributed by atoms with Crippen LogP contribution in [-0.2, 0) is 0 Å². The Kier molecular flexibility index (Phi) is 4.98. The molecule has 2 heterocycles. The van der Waals surface area contributed by atoms with Crippen molar-refractivity contribution in [1.29, 1.82) is 5.41 Å². The van der Waals surface area contributed by atoms with Crippen LogP contribution >= 0.6 is 11.3 Å². The zero-order valence-corrected chi connectivity index (χ0v) is 16.3. The van der Waals surface area contributed by atoms with Crippen molar-refractivity contribution in [2.45, 2.75) is 13.0 Å². The van der Waals surface area contributed by atoms with Gasteiger partial charge in [-0.25, -0.2) is 4.98 Å². The van der Waals surface area contributed by atoms with Crippen molar-refractivity contribution in [3.63, 3.8) is 0 Å². The maximum Gasteiger partial charge on any atom is 0.135 e. The first-order valence-corrected chi connectivity index (χ1v) is 9.93. The molecule has 4 rings (SSSR count). The first-order chi connectivity index (χ1) is 13.5. The number of amidine groups is 1. The fourth-order valence-corrected chi connectivity index (χ4v) is 4.14. The van der Waals surface area contributed by atoms with E-state index in [-0.39, 0.29) is 24.7 Å². The molecule has 0 saturated heterocycles. The fraction of sp³-hybridized carbons (Fsp3) is 0.182. The van der Waals surface area contributed by atoms with Gasteiger partial charge in [0, 0.05) is 10.9 Å². The van der Waals surface area contributed by atoms with Crippen molar-refractivity contribution in [3.05, 3.63) is 81.9 Å². The van der Waals surface area contributed by atoms with Crippen LogP contribution in [0.3, 0.4) is 0 Å². The van der Waals surface area contributed by atoms with E-state index in [2.05, 4.69) is 4.98 Å². The summed E-state index contributed by atoms with van der Waals surface area (Å²) in [5.74, 6) is 0.312. The Labute approximate surface area is 167 Å². The number of aromatic nitrogens is 1. The molecule has 0 bridgehead atoms. The largest absolute Gasteiger partial charge is 0.510 e. The van der Waals surface area contributed by atoms with E-state index in [0.29, 0.717) is 10.6 Å². The second-order valence-corrected chi connectivity index (χ2v) is 7.74. The highest BCUT2D eigenvalue weighted by Gasteiger charge is 2.31. The van der Waals surface area contributed by atoms with Crippen molar-refractivity contribution in [1.82, 2.24) is 9.88 Å². The predicted octanol–water partition coefficient (Wildman–Crippen LogP) is 4.41. The number of aryl methyl sites for hydroxylation is 1. The zero-order valence-electron chi connectivity index (χ0n) is 15.5. The average molecular weight is 391 g/mol. The van der Waals surface area contributed by atoms with Crippen molar-refractivity contribution >= 4 is 22.7 Å². The second-order valence-electron chi connectivity index (χ2n) is 6.88. The zero-order chi connectivity index (χ0) is 19.7. The summed E-state index contributed by atoms with van der Waals surface area (Å²) in [7, 11) is 0. The van der Waals surface area contributed by atoms with E-state index in [0.717, 1.165) is 16.8 Å². The maximum atomic E-state index is 10.5. The molecule has 6 heteroatoms. The van der Waals surface area contributed by atoms with Crippen LogP contribution in [0.15, 0.2) is 65.7 Å². The number of nitrogens with zero attached hydrogens (tertiary/aromatic N) is 2. The molecule has 1 atom stereocenters. The molecule has 2 aromatic carbocycles. The molecule has 5 nitrogen and oxygen atoms in total. The Balaban J connectivity index is 1.52. The molecule has 3 N–H and O–H groups in total. The molecule has 0 aliphatic carbocycles. The first-order valence-electron chi connectivity index (χ1n) is 9.05. The Morgan fingerprint density at radius 1 is 1.14 bits per heavy atom. The van der Waals surface area contributed by atoms with Gasteiger partial charge in [-0.05, 0) is 12.5 Å². The summed E-state index contributed by atoms with van der Waals surface area (Å²) in [5, 5.41) is 32.0. The van der Waals surface area contributed by atoms with Crippen LogP contribution in [0.2, 0.25) is 0 Å². The van der Waals surface area contributed by atoms with Gasteiger partial charge in [-0.3, -0.25) is 5.41 Å². The first kappa shape index (κ1) is 18.4. The summed E-state index contributed by atoms with van der Waals surface area (Å²) >= 11 is 1.41. The predicted molar refractivity (Wildman–Crippen MR) is 113 cm³/mol. The van der Waals surface area contributed by atoms with Crippen molar-refractivity contribution in [2.24, 2.45) is 0 Å². The minimum atomic E-state index is -0.729. The number of aliphatic hydroxyl groups is 2. The smallest absolute Gasteiger partial charge is 0.135 e. The van der Waals surface area contributed by atoms with Gasteiger partial charge in [0.05, 0.1) is 30.5 Å². The van der Waals surface area contributed by atoms with E-state index in [1.165, 1.54) is 16.9 Å². The minimum Gasteiger partial charge on any atom is -0.510 e. The number of nitrogens with one attached hydrogen (secondary N) is 1. The van der Waals surface area contributed by atoms with E-state index < -0.39 is 6.10 Å². The molecule has 28 heavy (non-hydrogen) atoms. The number of hydrogen-bond donors (Lipinski definition) is 3. The number of thiazole rings is 1. The van der Waals surface area contributed by atoms with E-state index in [9.17, 15) is 10.2 Å². The van der Waals surface area contributed by atoms with E-state index in [1.54, 1.807) is 4.90 Å². The van der Waals surface area contributed by atoms with Crippen LogP contribution in [0.1, 0.15) is 22.2 Å². The quantitative estimate of drug-likeness (QED) is 0.602.